The fourth-order valence-corrected chi connectivity index (χ4v) is 1.75. The van der Waals surface area contributed by atoms with Crippen LogP contribution in [-0.4, -0.2) is 23.4 Å². The fourth-order valence-electron chi connectivity index (χ4n) is 1.75. The number of carbonyl (C=O) groups is 2. The Bertz CT molecular complexity index is 544. The molecule has 0 radical (unpaired) electrons. The minimum absolute atomic E-state index is 0.108. The van der Waals surface area contributed by atoms with Crippen LogP contribution in [0.4, 0.5) is 4.79 Å². The molecule has 23 heavy (non-hydrogen) atoms. The molecule has 126 valence electrons. The van der Waals surface area contributed by atoms with Gasteiger partial charge < -0.3 is 9.47 Å². The number of hydrogen-bond donors (Lipinski definition) is 0. The summed E-state index contributed by atoms with van der Waals surface area (Å²) < 4.78 is 10.4. The number of nitrogens with zero attached hydrogens (tertiary/aromatic N) is 1. The lowest BCUT2D eigenvalue weighted by Crippen LogP contribution is -2.25. The van der Waals surface area contributed by atoms with Crippen LogP contribution in [0.3, 0.4) is 0 Å². The molecule has 0 fully saturated rings. The quantitative estimate of drug-likeness (QED) is 0.579. The van der Waals surface area contributed by atoms with Gasteiger partial charge in [-0.3, -0.25) is 0 Å². The highest BCUT2D eigenvalue weighted by Crippen LogP contribution is 2.10. The summed E-state index contributed by atoms with van der Waals surface area (Å²) in [5.74, 6) is -0.576. The molecule has 0 N–H and O–H groups in total. The summed E-state index contributed by atoms with van der Waals surface area (Å²) in [6.45, 7) is 7.40. The van der Waals surface area contributed by atoms with E-state index >= 15 is 0 Å². The number of esters is 1. The lowest BCUT2D eigenvalue weighted by atomic mass is 10.2. The van der Waals surface area contributed by atoms with Crippen LogP contribution in [0.15, 0.2) is 35.3 Å². The Kier molecular flexibility index (Phi) is 7.45. The monoisotopic (exact) mass is 319 g/mol. The highest BCUT2D eigenvalue weighted by Gasteiger charge is 2.19. The van der Waals surface area contributed by atoms with Crippen LogP contribution in [0.2, 0.25) is 0 Å². The van der Waals surface area contributed by atoms with Crippen molar-refractivity contribution in [1.29, 1.82) is 0 Å². The Morgan fingerprint density at radius 2 is 1.78 bits per heavy atom. The van der Waals surface area contributed by atoms with Gasteiger partial charge in [-0.1, -0.05) is 43.7 Å². The first-order valence-corrected chi connectivity index (χ1v) is 7.83. The van der Waals surface area contributed by atoms with Crippen LogP contribution in [-0.2, 0) is 20.9 Å². The number of aliphatic imine (C=N–C) groups is 1. The van der Waals surface area contributed by atoms with E-state index in [1.807, 2.05) is 37.3 Å². The Morgan fingerprint density at radius 1 is 1.13 bits per heavy atom. The molecule has 0 saturated heterocycles. The van der Waals surface area contributed by atoms with E-state index in [1.54, 1.807) is 20.8 Å². The first-order valence-electron chi connectivity index (χ1n) is 7.83. The van der Waals surface area contributed by atoms with E-state index in [0.29, 0.717) is 6.42 Å². The van der Waals surface area contributed by atoms with E-state index in [2.05, 4.69) is 4.99 Å². The summed E-state index contributed by atoms with van der Waals surface area (Å²) >= 11 is 0. The second-order valence-corrected chi connectivity index (χ2v) is 6.20. The van der Waals surface area contributed by atoms with Gasteiger partial charge in [0.25, 0.3) is 0 Å². The largest absolute Gasteiger partial charge is 0.456 e. The van der Waals surface area contributed by atoms with Crippen molar-refractivity contribution in [3.63, 3.8) is 0 Å². The third-order valence-electron chi connectivity index (χ3n) is 2.84. The van der Waals surface area contributed by atoms with E-state index in [1.165, 1.54) is 0 Å². The van der Waals surface area contributed by atoms with Gasteiger partial charge in [-0.2, -0.15) is 4.99 Å². The van der Waals surface area contributed by atoms with Crippen molar-refractivity contribution in [3.05, 3.63) is 35.9 Å². The Balaban J connectivity index is 2.71. The highest BCUT2D eigenvalue weighted by molar-refractivity contribution is 6.37. The fraction of sp³-hybridized carbons (Fsp3) is 0.500. The van der Waals surface area contributed by atoms with Gasteiger partial charge in [-0.15, -0.1) is 0 Å². The second-order valence-electron chi connectivity index (χ2n) is 6.20. The summed E-state index contributed by atoms with van der Waals surface area (Å²) in [7, 11) is 0. The summed E-state index contributed by atoms with van der Waals surface area (Å²) in [5.41, 5.74) is 0.342. The van der Waals surface area contributed by atoms with E-state index in [-0.39, 0.29) is 12.3 Å². The molecule has 1 rings (SSSR count). The molecule has 0 heterocycles. The average molecular weight is 319 g/mol. The van der Waals surface area contributed by atoms with Crippen LogP contribution in [0, 0.1) is 0 Å². The molecule has 0 aliphatic heterocycles. The summed E-state index contributed by atoms with van der Waals surface area (Å²) in [6.07, 6.45) is 1.27. The maximum Gasteiger partial charge on any atom is 0.434 e. The van der Waals surface area contributed by atoms with E-state index in [4.69, 9.17) is 9.47 Å². The third kappa shape index (κ3) is 8.14. The topological polar surface area (TPSA) is 65.0 Å². The summed E-state index contributed by atoms with van der Waals surface area (Å²) in [6, 6.07) is 9.36. The number of benzene rings is 1. The minimum Gasteiger partial charge on any atom is -0.456 e. The van der Waals surface area contributed by atoms with E-state index < -0.39 is 17.7 Å². The number of hydrogen-bond acceptors (Lipinski definition) is 4. The zero-order chi connectivity index (χ0) is 17.3. The van der Waals surface area contributed by atoms with E-state index in [9.17, 15) is 9.59 Å². The number of ether oxygens (including phenoxy) is 2. The number of amides is 1. The zero-order valence-electron chi connectivity index (χ0n) is 14.3. The molecular formula is C18H25NO4. The van der Waals surface area contributed by atoms with Gasteiger partial charge in [-0.25, -0.2) is 9.59 Å². The smallest absolute Gasteiger partial charge is 0.434 e. The number of unbranched alkanes of at least 4 members (excludes halogenated alkanes) is 1. The van der Waals surface area contributed by atoms with Crippen LogP contribution in [0.5, 0.6) is 0 Å². The van der Waals surface area contributed by atoms with Gasteiger partial charge in [0, 0.05) is 0 Å². The highest BCUT2D eigenvalue weighted by atomic mass is 16.6. The normalized spacial score (nSPS) is 11.9. The SMILES string of the molecule is CCCC/C(=N/C(=O)OC(C)(C)C)C(=O)OCc1ccccc1. The molecule has 0 aliphatic carbocycles. The number of carbonyl (C=O) groups excluding carboxylic acids is 2. The molecule has 0 saturated carbocycles. The molecule has 0 bridgehead atoms. The number of rotatable bonds is 6. The second kappa shape index (κ2) is 9.08. The van der Waals surface area contributed by atoms with Crippen LogP contribution in [0.25, 0.3) is 0 Å². The maximum atomic E-state index is 12.2. The lowest BCUT2D eigenvalue weighted by molar-refractivity contribution is -0.137. The molecule has 0 unspecified atom stereocenters. The van der Waals surface area contributed by atoms with Crippen molar-refractivity contribution in [2.75, 3.05) is 0 Å². The van der Waals surface area contributed by atoms with Crippen molar-refractivity contribution in [1.82, 2.24) is 0 Å². The van der Waals surface area contributed by atoms with Gasteiger partial charge in [0.1, 0.15) is 17.9 Å². The van der Waals surface area contributed by atoms with Crippen molar-refractivity contribution in [2.45, 2.75) is 59.2 Å². The van der Waals surface area contributed by atoms with Gasteiger partial charge in [0.2, 0.25) is 0 Å². The summed E-state index contributed by atoms with van der Waals surface area (Å²) in [4.78, 5) is 27.7. The average Bonchev–Trinajstić information content (AvgIpc) is 2.48. The van der Waals surface area contributed by atoms with Gasteiger partial charge in [-0.05, 0) is 39.2 Å². The lowest BCUT2D eigenvalue weighted by Gasteiger charge is -2.17. The summed E-state index contributed by atoms with van der Waals surface area (Å²) in [5, 5.41) is 0. The molecule has 0 atom stereocenters. The van der Waals surface area contributed by atoms with Crippen molar-refractivity contribution in [3.8, 4) is 0 Å². The molecule has 0 aliphatic rings. The molecule has 1 aromatic rings. The molecule has 5 heteroatoms. The first kappa shape index (κ1) is 18.9. The molecule has 5 nitrogen and oxygen atoms in total. The third-order valence-corrected chi connectivity index (χ3v) is 2.84. The minimum atomic E-state index is -0.764. The molecule has 1 aromatic carbocycles. The molecule has 1 amide bonds. The van der Waals surface area contributed by atoms with Crippen molar-refractivity contribution >= 4 is 17.8 Å². The van der Waals surface area contributed by atoms with Crippen molar-refractivity contribution < 1.29 is 19.1 Å². The predicted octanol–water partition coefficient (Wildman–Crippen LogP) is 4.30. The molecule has 0 aromatic heterocycles. The van der Waals surface area contributed by atoms with Gasteiger partial charge in [0.15, 0.2) is 0 Å². The Hall–Kier alpha value is -2.17. The predicted molar refractivity (Wildman–Crippen MR) is 89.4 cm³/mol. The van der Waals surface area contributed by atoms with Gasteiger partial charge >= 0.3 is 12.1 Å². The van der Waals surface area contributed by atoms with Crippen LogP contribution < -0.4 is 0 Å². The van der Waals surface area contributed by atoms with Crippen molar-refractivity contribution in [2.24, 2.45) is 4.99 Å². The Morgan fingerprint density at radius 3 is 2.35 bits per heavy atom. The maximum absolute atomic E-state index is 12.2. The van der Waals surface area contributed by atoms with E-state index in [0.717, 1.165) is 18.4 Å². The van der Waals surface area contributed by atoms with Gasteiger partial charge in [0.05, 0.1) is 0 Å². The van der Waals surface area contributed by atoms with Crippen LogP contribution in [0.1, 0.15) is 52.5 Å². The standard InChI is InChI=1S/C18H25NO4/c1-5-6-12-15(19-17(21)23-18(2,3)4)16(20)22-13-14-10-8-7-9-11-14/h7-11H,5-6,12-13H2,1-4H3/b19-15-. The molecule has 0 spiro atoms. The molecular weight excluding hydrogens is 294 g/mol. The zero-order valence-corrected chi connectivity index (χ0v) is 14.3. The Labute approximate surface area is 137 Å². The van der Waals surface area contributed by atoms with Crippen LogP contribution >= 0.6 is 0 Å². The first-order chi connectivity index (χ1) is 10.8.